The van der Waals surface area contributed by atoms with E-state index in [-0.39, 0.29) is 0 Å². The van der Waals surface area contributed by atoms with Crippen molar-refractivity contribution in [3.05, 3.63) is 17.3 Å². The lowest BCUT2D eigenvalue weighted by molar-refractivity contribution is 0.310. The van der Waals surface area contributed by atoms with Crippen LogP contribution in [0.25, 0.3) is 10.2 Å². The van der Waals surface area contributed by atoms with Crippen molar-refractivity contribution in [3.63, 3.8) is 0 Å². The van der Waals surface area contributed by atoms with Crippen molar-refractivity contribution in [1.29, 1.82) is 0 Å². The lowest BCUT2D eigenvalue weighted by atomic mass is 10.3. The molecule has 80 valence electrons. The van der Waals surface area contributed by atoms with Crippen LogP contribution in [0.5, 0.6) is 5.88 Å². The van der Waals surface area contributed by atoms with Crippen LogP contribution >= 0.6 is 11.3 Å². The summed E-state index contributed by atoms with van der Waals surface area (Å²) in [6.07, 6.45) is 1.55. The summed E-state index contributed by atoms with van der Waals surface area (Å²) in [4.78, 5) is 8.37. The Balaban J connectivity index is 2.26. The van der Waals surface area contributed by atoms with Crippen molar-refractivity contribution in [3.8, 4) is 5.88 Å². The molecule has 2 heterocycles. The van der Waals surface area contributed by atoms with Gasteiger partial charge < -0.3 is 10.1 Å². The third kappa shape index (κ3) is 2.08. The van der Waals surface area contributed by atoms with Crippen LogP contribution < -0.4 is 10.1 Å². The van der Waals surface area contributed by atoms with Gasteiger partial charge in [-0.05, 0) is 24.9 Å². The maximum absolute atomic E-state index is 5.57. The number of aryl methyl sites for hydroxylation is 1. The van der Waals surface area contributed by atoms with E-state index < -0.39 is 0 Å². The predicted octanol–water partition coefficient (Wildman–Crippen LogP) is 1.60. The Morgan fingerprint density at radius 2 is 2.33 bits per heavy atom. The number of likely N-dealkylation sites (N-methyl/N-ethyl adjacent to an activating group) is 1. The van der Waals surface area contributed by atoms with Gasteiger partial charge in [-0.1, -0.05) is 0 Å². The molecule has 2 aromatic rings. The first kappa shape index (κ1) is 10.3. The Bertz CT molecular complexity index is 455. The van der Waals surface area contributed by atoms with Crippen molar-refractivity contribution in [2.75, 3.05) is 20.2 Å². The quantitative estimate of drug-likeness (QED) is 0.800. The maximum Gasteiger partial charge on any atom is 0.234 e. The zero-order chi connectivity index (χ0) is 10.7. The fourth-order valence-electron chi connectivity index (χ4n) is 1.30. The largest absolute Gasteiger partial charge is 0.475 e. The molecule has 0 spiro atoms. The summed E-state index contributed by atoms with van der Waals surface area (Å²) in [6.45, 7) is 3.48. The maximum atomic E-state index is 5.57. The van der Waals surface area contributed by atoms with Gasteiger partial charge in [-0.3, -0.25) is 0 Å². The minimum Gasteiger partial charge on any atom is -0.475 e. The molecule has 0 saturated carbocycles. The van der Waals surface area contributed by atoms with Crippen molar-refractivity contribution in [2.24, 2.45) is 0 Å². The molecule has 15 heavy (non-hydrogen) atoms. The van der Waals surface area contributed by atoms with Crippen LogP contribution in [0.1, 0.15) is 5.56 Å². The average molecular weight is 223 g/mol. The summed E-state index contributed by atoms with van der Waals surface area (Å²) in [6, 6.07) is 0. The first-order chi connectivity index (χ1) is 7.33. The van der Waals surface area contributed by atoms with Crippen LogP contribution in [0.15, 0.2) is 11.7 Å². The molecular weight excluding hydrogens is 210 g/mol. The van der Waals surface area contributed by atoms with Gasteiger partial charge in [0.25, 0.3) is 0 Å². The average Bonchev–Trinajstić information content (AvgIpc) is 2.62. The second-order valence-corrected chi connectivity index (χ2v) is 4.11. The summed E-state index contributed by atoms with van der Waals surface area (Å²) < 4.78 is 6.60. The van der Waals surface area contributed by atoms with Crippen molar-refractivity contribution in [2.45, 2.75) is 6.92 Å². The molecule has 0 atom stereocenters. The monoisotopic (exact) mass is 223 g/mol. The van der Waals surface area contributed by atoms with Crippen LogP contribution in [0, 0.1) is 6.92 Å². The summed E-state index contributed by atoms with van der Waals surface area (Å²) in [7, 11) is 1.90. The van der Waals surface area contributed by atoms with Crippen LogP contribution in [-0.4, -0.2) is 30.2 Å². The molecule has 4 nitrogen and oxygen atoms in total. The zero-order valence-electron chi connectivity index (χ0n) is 8.78. The SMILES string of the molecule is CNCCOc1ncnc2c(C)csc12. The van der Waals surface area contributed by atoms with Crippen molar-refractivity contribution < 1.29 is 4.74 Å². The van der Waals surface area contributed by atoms with Gasteiger partial charge in [0.05, 0.1) is 5.52 Å². The summed E-state index contributed by atoms with van der Waals surface area (Å²) in [5.74, 6) is 0.688. The zero-order valence-corrected chi connectivity index (χ0v) is 9.60. The van der Waals surface area contributed by atoms with E-state index in [9.17, 15) is 0 Å². The molecule has 2 aromatic heterocycles. The van der Waals surface area contributed by atoms with Gasteiger partial charge in [0.2, 0.25) is 5.88 Å². The predicted molar refractivity (Wildman–Crippen MR) is 61.6 cm³/mol. The van der Waals surface area contributed by atoms with Gasteiger partial charge in [-0.15, -0.1) is 11.3 Å². The van der Waals surface area contributed by atoms with E-state index in [0.717, 1.165) is 16.8 Å². The van der Waals surface area contributed by atoms with Crippen molar-refractivity contribution in [1.82, 2.24) is 15.3 Å². The molecule has 0 unspecified atom stereocenters. The Hall–Kier alpha value is -1.20. The lowest BCUT2D eigenvalue weighted by Gasteiger charge is -2.04. The summed E-state index contributed by atoms with van der Waals surface area (Å²) >= 11 is 1.63. The van der Waals surface area contributed by atoms with Crippen LogP contribution in [0.4, 0.5) is 0 Å². The molecule has 5 heteroatoms. The molecule has 1 N–H and O–H groups in total. The Morgan fingerprint density at radius 3 is 3.13 bits per heavy atom. The number of ether oxygens (including phenoxy) is 1. The Labute approximate surface area is 92.3 Å². The standard InChI is InChI=1S/C10H13N3OS/c1-7-5-15-9-8(7)12-6-13-10(9)14-4-3-11-2/h5-6,11H,3-4H2,1-2H3. The molecule has 0 saturated heterocycles. The molecule has 0 fully saturated rings. The molecular formula is C10H13N3OS. The van der Waals surface area contributed by atoms with Crippen LogP contribution in [0.2, 0.25) is 0 Å². The second kappa shape index (κ2) is 4.55. The molecule has 0 aliphatic rings. The molecule has 0 aliphatic carbocycles. The van der Waals surface area contributed by atoms with Gasteiger partial charge in [0.15, 0.2) is 0 Å². The van der Waals surface area contributed by atoms with E-state index in [2.05, 4.69) is 20.7 Å². The number of nitrogens with zero attached hydrogens (tertiary/aromatic N) is 2. The van der Waals surface area contributed by atoms with E-state index in [1.54, 1.807) is 17.7 Å². The summed E-state index contributed by atoms with van der Waals surface area (Å²) in [5, 5.41) is 5.10. The van der Waals surface area contributed by atoms with E-state index in [0.29, 0.717) is 12.5 Å². The number of hydrogen-bond acceptors (Lipinski definition) is 5. The van der Waals surface area contributed by atoms with Gasteiger partial charge in [-0.25, -0.2) is 9.97 Å². The van der Waals surface area contributed by atoms with Gasteiger partial charge in [-0.2, -0.15) is 0 Å². The van der Waals surface area contributed by atoms with Gasteiger partial charge in [0.1, 0.15) is 17.6 Å². The van der Waals surface area contributed by atoms with E-state index in [1.807, 2.05) is 14.0 Å². The first-order valence-corrected chi connectivity index (χ1v) is 5.67. The highest BCUT2D eigenvalue weighted by molar-refractivity contribution is 7.17. The lowest BCUT2D eigenvalue weighted by Crippen LogP contribution is -2.16. The number of rotatable bonds is 4. The highest BCUT2D eigenvalue weighted by Gasteiger charge is 2.08. The fourth-order valence-corrected chi connectivity index (χ4v) is 2.24. The normalized spacial score (nSPS) is 10.8. The molecule has 0 amide bonds. The van der Waals surface area contributed by atoms with E-state index in [1.165, 1.54) is 5.56 Å². The van der Waals surface area contributed by atoms with Crippen LogP contribution in [-0.2, 0) is 0 Å². The molecule has 2 rings (SSSR count). The number of aromatic nitrogens is 2. The number of fused-ring (bicyclic) bond motifs is 1. The minimum absolute atomic E-state index is 0.625. The number of hydrogen-bond donors (Lipinski definition) is 1. The highest BCUT2D eigenvalue weighted by atomic mass is 32.1. The van der Waals surface area contributed by atoms with E-state index >= 15 is 0 Å². The van der Waals surface area contributed by atoms with Gasteiger partial charge >= 0.3 is 0 Å². The molecule has 0 bridgehead atoms. The minimum atomic E-state index is 0.625. The summed E-state index contributed by atoms with van der Waals surface area (Å²) in [5.41, 5.74) is 2.17. The smallest absolute Gasteiger partial charge is 0.234 e. The highest BCUT2D eigenvalue weighted by Crippen LogP contribution is 2.29. The third-order valence-corrected chi connectivity index (χ3v) is 3.16. The van der Waals surface area contributed by atoms with Crippen LogP contribution in [0.3, 0.4) is 0 Å². The molecule has 0 aromatic carbocycles. The topological polar surface area (TPSA) is 47.0 Å². The molecule has 0 radical (unpaired) electrons. The second-order valence-electron chi connectivity index (χ2n) is 3.23. The number of nitrogens with one attached hydrogen (secondary N) is 1. The van der Waals surface area contributed by atoms with E-state index in [4.69, 9.17) is 4.74 Å². The third-order valence-electron chi connectivity index (χ3n) is 2.09. The fraction of sp³-hybridized carbons (Fsp3) is 0.400. The number of thiophene rings is 1. The Morgan fingerprint density at radius 1 is 1.47 bits per heavy atom. The Kier molecular flexibility index (Phi) is 3.13. The molecule has 0 aliphatic heterocycles. The first-order valence-electron chi connectivity index (χ1n) is 4.79. The van der Waals surface area contributed by atoms with Gasteiger partial charge in [0, 0.05) is 6.54 Å². The van der Waals surface area contributed by atoms with Crippen molar-refractivity contribution >= 4 is 21.6 Å².